The standard InChI is InChI=1S/C19H25IN2O4/c1-5-7-8-26-18-14(20)9-13(10-15(18)25-6-2)17-16(12(4)23)11(3)21-19(24)22-17/h9-10,17H,5-8H2,1-4H3,(H2,21,22,24). The number of ether oxygens (including phenoxy) is 2. The predicted molar refractivity (Wildman–Crippen MR) is 109 cm³/mol. The Bertz CT molecular complexity index is 730. The van der Waals surface area contributed by atoms with E-state index in [4.69, 9.17) is 9.47 Å². The maximum atomic E-state index is 12.1. The summed E-state index contributed by atoms with van der Waals surface area (Å²) in [4.78, 5) is 24.1. The van der Waals surface area contributed by atoms with Crippen LogP contribution >= 0.6 is 22.6 Å². The van der Waals surface area contributed by atoms with Gasteiger partial charge in [-0.1, -0.05) is 13.3 Å². The third-order valence-electron chi connectivity index (χ3n) is 4.06. The number of unbranched alkanes of at least 4 members (excludes halogenated alkanes) is 1. The lowest BCUT2D eigenvalue weighted by molar-refractivity contribution is -0.114. The van der Waals surface area contributed by atoms with Gasteiger partial charge in [-0.3, -0.25) is 4.79 Å². The van der Waals surface area contributed by atoms with Crippen molar-refractivity contribution in [2.45, 2.75) is 46.6 Å². The van der Waals surface area contributed by atoms with Crippen LogP contribution in [0, 0.1) is 3.57 Å². The average molecular weight is 472 g/mol. The van der Waals surface area contributed by atoms with Crippen LogP contribution in [0.4, 0.5) is 4.79 Å². The average Bonchev–Trinajstić information content (AvgIpc) is 2.56. The van der Waals surface area contributed by atoms with Gasteiger partial charge in [-0.25, -0.2) is 4.79 Å². The minimum Gasteiger partial charge on any atom is -0.490 e. The first-order valence-corrected chi connectivity index (χ1v) is 9.85. The fourth-order valence-electron chi connectivity index (χ4n) is 2.89. The van der Waals surface area contributed by atoms with Gasteiger partial charge in [0.05, 0.1) is 22.8 Å². The van der Waals surface area contributed by atoms with Crippen LogP contribution in [0.2, 0.25) is 0 Å². The second-order valence-corrected chi connectivity index (χ2v) is 7.25. The summed E-state index contributed by atoms with van der Waals surface area (Å²) >= 11 is 2.20. The van der Waals surface area contributed by atoms with E-state index < -0.39 is 6.04 Å². The Kier molecular flexibility index (Phi) is 7.31. The molecular formula is C19H25IN2O4. The van der Waals surface area contributed by atoms with Gasteiger partial charge in [0.25, 0.3) is 0 Å². The molecule has 26 heavy (non-hydrogen) atoms. The van der Waals surface area contributed by atoms with E-state index in [0.717, 1.165) is 22.0 Å². The van der Waals surface area contributed by atoms with Crippen LogP contribution in [0.5, 0.6) is 11.5 Å². The number of amides is 2. The van der Waals surface area contributed by atoms with Gasteiger partial charge in [-0.15, -0.1) is 0 Å². The van der Waals surface area contributed by atoms with Gasteiger partial charge < -0.3 is 20.1 Å². The summed E-state index contributed by atoms with van der Waals surface area (Å²) in [5, 5.41) is 5.50. The molecule has 0 aliphatic carbocycles. The zero-order valence-electron chi connectivity index (χ0n) is 15.6. The highest BCUT2D eigenvalue weighted by molar-refractivity contribution is 14.1. The van der Waals surface area contributed by atoms with Gasteiger partial charge in [0, 0.05) is 11.3 Å². The number of carbonyl (C=O) groups is 2. The number of nitrogens with one attached hydrogen (secondary N) is 2. The summed E-state index contributed by atoms with van der Waals surface area (Å²) in [7, 11) is 0. The third-order valence-corrected chi connectivity index (χ3v) is 4.86. The van der Waals surface area contributed by atoms with E-state index in [2.05, 4.69) is 40.1 Å². The number of carbonyl (C=O) groups excluding carboxylic acids is 2. The summed E-state index contributed by atoms with van der Waals surface area (Å²) in [5.74, 6) is 1.24. The molecule has 0 radical (unpaired) electrons. The number of rotatable bonds is 8. The molecule has 2 rings (SSSR count). The van der Waals surface area contributed by atoms with Gasteiger partial charge in [0.1, 0.15) is 0 Å². The number of hydrogen-bond acceptors (Lipinski definition) is 4. The molecule has 0 aromatic heterocycles. The summed E-state index contributed by atoms with van der Waals surface area (Å²) in [5.41, 5.74) is 1.91. The topological polar surface area (TPSA) is 76.7 Å². The molecule has 0 saturated carbocycles. The molecule has 2 N–H and O–H groups in total. The zero-order valence-corrected chi connectivity index (χ0v) is 17.7. The Balaban J connectivity index is 2.47. The molecule has 7 heteroatoms. The number of benzene rings is 1. The Morgan fingerprint density at radius 2 is 2.00 bits per heavy atom. The number of urea groups is 1. The van der Waals surface area contributed by atoms with E-state index in [1.165, 1.54) is 6.92 Å². The number of hydrogen-bond donors (Lipinski definition) is 2. The SMILES string of the molecule is CCCCOc1c(I)cc(C2NC(=O)NC(C)=C2C(C)=O)cc1OCC. The molecule has 1 unspecified atom stereocenters. The van der Waals surface area contributed by atoms with Crippen LogP contribution in [0.25, 0.3) is 0 Å². The van der Waals surface area contributed by atoms with Gasteiger partial charge in [-0.05, 0) is 67.5 Å². The molecule has 1 aliphatic heterocycles. The van der Waals surface area contributed by atoms with Crippen molar-refractivity contribution in [3.8, 4) is 11.5 Å². The van der Waals surface area contributed by atoms with Crippen molar-refractivity contribution < 1.29 is 19.1 Å². The maximum Gasteiger partial charge on any atom is 0.319 e. The van der Waals surface area contributed by atoms with E-state index in [-0.39, 0.29) is 11.8 Å². The molecule has 0 saturated heterocycles. The van der Waals surface area contributed by atoms with Crippen LogP contribution in [-0.4, -0.2) is 25.0 Å². The minimum atomic E-state index is -0.515. The first-order chi connectivity index (χ1) is 12.4. The number of allylic oxidation sites excluding steroid dienone is 1. The minimum absolute atomic E-state index is 0.0868. The molecule has 6 nitrogen and oxygen atoms in total. The van der Waals surface area contributed by atoms with E-state index in [1.807, 2.05) is 19.1 Å². The van der Waals surface area contributed by atoms with Crippen LogP contribution in [0.3, 0.4) is 0 Å². The first kappa shape index (κ1) is 20.5. The van der Waals surface area contributed by atoms with E-state index in [0.29, 0.717) is 36.0 Å². The molecule has 142 valence electrons. The molecule has 0 bridgehead atoms. The van der Waals surface area contributed by atoms with Crippen LogP contribution in [0.15, 0.2) is 23.4 Å². The van der Waals surface area contributed by atoms with Crippen molar-refractivity contribution in [3.63, 3.8) is 0 Å². The normalized spacial score (nSPS) is 16.8. The first-order valence-electron chi connectivity index (χ1n) is 8.77. The Morgan fingerprint density at radius 3 is 2.62 bits per heavy atom. The maximum absolute atomic E-state index is 12.1. The Hall–Kier alpha value is -1.77. The predicted octanol–water partition coefficient (Wildman–Crippen LogP) is 4.09. The molecular weight excluding hydrogens is 447 g/mol. The lowest BCUT2D eigenvalue weighted by Crippen LogP contribution is -2.44. The summed E-state index contributed by atoms with van der Waals surface area (Å²) in [6, 6.07) is 2.93. The van der Waals surface area contributed by atoms with Crippen molar-refractivity contribution in [1.29, 1.82) is 0 Å². The number of halogens is 1. The monoisotopic (exact) mass is 472 g/mol. The van der Waals surface area contributed by atoms with Crippen molar-refractivity contribution in [2.75, 3.05) is 13.2 Å². The van der Waals surface area contributed by atoms with Crippen molar-refractivity contribution >= 4 is 34.4 Å². The third kappa shape index (κ3) is 4.69. The van der Waals surface area contributed by atoms with Crippen LogP contribution in [-0.2, 0) is 4.79 Å². The second kappa shape index (κ2) is 9.25. The molecule has 1 aromatic carbocycles. The highest BCUT2D eigenvalue weighted by Crippen LogP contribution is 2.38. The molecule has 0 fully saturated rings. The van der Waals surface area contributed by atoms with Gasteiger partial charge in [-0.2, -0.15) is 0 Å². The quantitative estimate of drug-likeness (QED) is 0.442. The summed E-state index contributed by atoms with van der Waals surface area (Å²) in [6.45, 7) is 8.37. The molecule has 1 heterocycles. The largest absolute Gasteiger partial charge is 0.490 e. The molecule has 1 atom stereocenters. The fraction of sp³-hybridized carbons (Fsp3) is 0.474. The van der Waals surface area contributed by atoms with Crippen molar-refractivity contribution in [2.24, 2.45) is 0 Å². The van der Waals surface area contributed by atoms with Gasteiger partial charge in [0.2, 0.25) is 0 Å². The van der Waals surface area contributed by atoms with Crippen molar-refractivity contribution in [1.82, 2.24) is 10.6 Å². The summed E-state index contributed by atoms with van der Waals surface area (Å²) < 4.78 is 12.6. The molecule has 0 spiro atoms. The molecule has 1 aliphatic rings. The number of ketones is 1. The molecule has 1 aromatic rings. The lowest BCUT2D eigenvalue weighted by Gasteiger charge is -2.29. The van der Waals surface area contributed by atoms with E-state index in [1.54, 1.807) is 6.92 Å². The van der Waals surface area contributed by atoms with Crippen molar-refractivity contribution in [3.05, 3.63) is 32.5 Å². The fourth-order valence-corrected chi connectivity index (χ4v) is 3.67. The zero-order chi connectivity index (χ0) is 19.3. The van der Waals surface area contributed by atoms with Crippen LogP contribution in [0.1, 0.15) is 52.1 Å². The Labute approximate surface area is 167 Å². The van der Waals surface area contributed by atoms with E-state index in [9.17, 15) is 9.59 Å². The smallest absolute Gasteiger partial charge is 0.319 e. The second-order valence-electron chi connectivity index (χ2n) is 6.09. The number of Topliss-reactive ketones (excluding diaryl/α,β-unsaturated/α-hetero) is 1. The van der Waals surface area contributed by atoms with Gasteiger partial charge in [0.15, 0.2) is 17.3 Å². The Morgan fingerprint density at radius 1 is 1.27 bits per heavy atom. The highest BCUT2D eigenvalue weighted by Gasteiger charge is 2.30. The van der Waals surface area contributed by atoms with Gasteiger partial charge >= 0.3 is 6.03 Å². The highest BCUT2D eigenvalue weighted by atomic mass is 127. The summed E-state index contributed by atoms with van der Waals surface area (Å²) in [6.07, 6.45) is 2.01. The molecule has 2 amide bonds. The van der Waals surface area contributed by atoms with E-state index >= 15 is 0 Å². The van der Waals surface area contributed by atoms with Crippen LogP contribution < -0.4 is 20.1 Å². The lowest BCUT2D eigenvalue weighted by atomic mass is 9.93.